The van der Waals surface area contributed by atoms with Crippen LogP contribution in [0, 0.1) is 0 Å². The van der Waals surface area contributed by atoms with Crippen LogP contribution in [0.1, 0.15) is 35.2 Å². The molecule has 0 heterocycles. The lowest BCUT2D eigenvalue weighted by molar-refractivity contribution is 0.112. The van der Waals surface area contributed by atoms with Crippen LogP contribution in [0.5, 0.6) is 0 Å². The Balaban J connectivity index is 2.27. The van der Waals surface area contributed by atoms with Crippen LogP contribution in [0.4, 0.5) is 0 Å². The summed E-state index contributed by atoms with van der Waals surface area (Å²) in [6.07, 6.45) is 4.15. The number of hydrogen-bond donors (Lipinski definition) is 1. The first-order valence-electron chi connectivity index (χ1n) is 4.97. The SMILES string of the molecule is O=Cc1ccc(C2(CO)CCC2)cc1. The van der Waals surface area contributed by atoms with E-state index in [0.29, 0.717) is 5.56 Å². The van der Waals surface area contributed by atoms with Gasteiger partial charge in [0.25, 0.3) is 0 Å². The normalized spacial score (nSPS) is 18.6. The molecule has 74 valence electrons. The average molecular weight is 190 g/mol. The molecule has 0 aliphatic heterocycles. The molecule has 2 heteroatoms. The van der Waals surface area contributed by atoms with Crippen molar-refractivity contribution in [2.45, 2.75) is 24.7 Å². The van der Waals surface area contributed by atoms with E-state index in [4.69, 9.17) is 0 Å². The summed E-state index contributed by atoms with van der Waals surface area (Å²) in [5, 5.41) is 9.35. The van der Waals surface area contributed by atoms with Crippen molar-refractivity contribution in [1.29, 1.82) is 0 Å². The average Bonchev–Trinajstić information content (AvgIpc) is 2.18. The minimum Gasteiger partial charge on any atom is -0.395 e. The van der Waals surface area contributed by atoms with Crippen LogP contribution in [0.3, 0.4) is 0 Å². The Morgan fingerprint density at radius 2 is 1.93 bits per heavy atom. The highest BCUT2D eigenvalue weighted by molar-refractivity contribution is 5.74. The molecule has 1 aliphatic rings. The number of benzene rings is 1. The zero-order valence-electron chi connectivity index (χ0n) is 8.07. The third-order valence-electron chi connectivity index (χ3n) is 3.27. The molecule has 0 radical (unpaired) electrons. The van der Waals surface area contributed by atoms with Gasteiger partial charge in [0.05, 0.1) is 6.61 Å². The topological polar surface area (TPSA) is 37.3 Å². The summed E-state index contributed by atoms with van der Waals surface area (Å²) < 4.78 is 0. The molecule has 1 aliphatic carbocycles. The molecule has 2 nitrogen and oxygen atoms in total. The second-order valence-corrected chi connectivity index (χ2v) is 4.03. The highest BCUT2D eigenvalue weighted by atomic mass is 16.3. The minimum absolute atomic E-state index is 0.0125. The maximum absolute atomic E-state index is 10.5. The number of carbonyl (C=O) groups is 1. The van der Waals surface area contributed by atoms with Crippen molar-refractivity contribution in [3.63, 3.8) is 0 Å². The van der Waals surface area contributed by atoms with Crippen LogP contribution in [0.2, 0.25) is 0 Å². The number of aliphatic hydroxyl groups excluding tert-OH is 1. The molecular formula is C12H14O2. The Morgan fingerprint density at radius 1 is 1.29 bits per heavy atom. The summed E-state index contributed by atoms with van der Waals surface area (Å²) in [6.45, 7) is 0.216. The molecule has 1 aromatic rings. The number of hydrogen-bond acceptors (Lipinski definition) is 2. The van der Waals surface area contributed by atoms with Crippen LogP contribution in [0.25, 0.3) is 0 Å². The molecule has 0 atom stereocenters. The molecule has 1 saturated carbocycles. The molecule has 0 unspecified atom stereocenters. The predicted octanol–water partition coefficient (Wildman–Crippen LogP) is 1.91. The fourth-order valence-electron chi connectivity index (χ4n) is 2.06. The van der Waals surface area contributed by atoms with E-state index < -0.39 is 0 Å². The third-order valence-corrected chi connectivity index (χ3v) is 3.27. The van der Waals surface area contributed by atoms with Gasteiger partial charge in [-0.15, -0.1) is 0 Å². The van der Waals surface area contributed by atoms with Crippen molar-refractivity contribution in [1.82, 2.24) is 0 Å². The third kappa shape index (κ3) is 1.36. The van der Waals surface area contributed by atoms with E-state index in [0.717, 1.165) is 24.7 Å². The maximum atomic E-state index is 10.5. The first kappa shape index (κ1) is 9.41. The molecule has 1 aromatic carbocycles. The van der Waals surface area contributed by atoms with Gasteiger partial charge in [0.15, 0.2) is 0 Å². The van der Waals surface area contributed by atoms with Crippen molar-refractivity contribution < 1.29 is 9.90 Å². The van der Waals surface area contributed by atoms with Gasteiger partial charge in [-0.3, -0.25) is 4.79 Å². The van der Waals surface area contributed by atoms with E-state index in [1.807, 2.05) is 24.3 Å². The molecule has 0 amide bonds. The van der Waals surface area contributed by atoms with E-state index in [-0.39, 0.29) is 12.0 Å². The minimum atomic E-state index is -0.0125. The van der Waals surface area contributed by atoms with E-state index in [1.54, 1.807) is 0 Å². The Labute approximate surface area is 83.6 Å². The number of aldehydes is 1. The van der Waals surface area contributed by atoms with Gasteiger partial charge in [-0.1, -0.05) is 30.7 Å². The van der Waals surface area contributed by atoms with Crippen molar-refractivity contribution in [2.75, 3.05) is 6.61 Å². The Bertz CT molecular complexity index is 317. The van der Waals surface area contributed by atoms with E-state index in [9.17, 15) is 9.90 Å². The van der Waals surface area contributed by atoms with E-state index in [2.05, 4.69) is 0 Å². The molecule has 0 bridgehead atoms. The van der Waals surface area contributed by atoms with Crippen LogP contribution in [0.15, 0.2) is 24.3 Å². The number of rotatable bonds is 3. The van der Waals surface area contributed by atoms with Gasteiger partial charge >= 0.3 is 0 Å². The first-order chi connectivity index (χ1) is 6.80. The van der Waals surface area contributed by atoms with Gasteiger partial charge in [-0.25, -0.2) is 0 Å². The quantitative estimate of drug-likeness (QED) is 0.739. The summed E-state index contributed by atoms with van der Waals surface area (Å²) >= 11 is 0. The Morgan fingerprint density at radius 3 is 2.29 bits per heavy atom. The molecule has 0 spiro atoms. The molecule has 1 N–H and O–H groups in total. The lowest BCUT2D eigenvalue weighted by Gasteiger charge is -2.40. The maximum Gasteiger partial charge on any atom is 0.150 e. The largest absolute Gasteiger partial charge is 0.395 e. The second kappa shape index (κ2) is 3.54. The Kier molecular flexibility index (Phi) is 2.38. The van der Waals surface area contributed by atoms with Gasteiger partial charge < -0.3 is 5.11 Å². The standard InChI is InChI=1S/C12H14O2/c13-8-10-2-4-11(5-3-10)12(9-14)6-1-7-12/h2-5,8,14H,1,6-7,9H2. The van der Waals surface area contributed by atoms with Gasteiger partial charge in [-0.2, -0.15) is 0 Å². The summed E-state index contributed by atoms with van der Waals surface area (Å²) in [5.41, 5.74) is 1.85. The van der Waals surface area contributed by atoms with Crippen LogP contribution < -0.4 is 0 Å². The zero-order valence-corrected chi connectivity index (χ0v) is 8.07. The van der Waals surface area contributed by atoms with E-state index >= 15 is 0 Å². The number of aliphatic hydroxyl groups is 1. The second-order valence-electron chi connectivity index (χ2n) is 4.03. The van der Waals surface area contributed by atoms with Crippen LogP contribution in [-0.2, 0) is 5.41 Å². The van der Waals surface area contributed by atoms with E-state index in [1.165, 1.54) is 6.42 Å². The molecule has 0 saturated heterocycles. The van der Waals surface area contributed by atoms with Gasteiger partial charge in [0.2, 0.25) is 0 Å². The molecular weight excluding hydrogens is 176 g/mol. The number of carbonyl (C=O) groups excluding carboxylic acids is 1. The summed E-state index contributed by atoms with van der Waals surface area (Å²) in [7, 11) is 0. The summed E-state index contributed by atoms with van der Waals surface area (Å²) in [6, 6.07) is 7.55. The zero-order chi connectivity index (χ0) is 10.0. The smallest absolute Gasteiger partial charge is 0.150 e. The van der Waals surface area contributed by atoms with Crippen molar-refractivity contribution in [3.8, 4) is 0 Å². The molecule has 0 aromatic heterocycles. The van der Waals surface area contributed by atoms with Crippen molar-refractivity contribution in [3.05, 3.63) is 35.4 Å². The van der Waals surface area contributed by atoms with Crippen molar-refractivity contribution in [2.24, 2.45) is 0 Å². The molecule has 2 rings (SSSR count). The van der Waals surface area contributed by atoms with Crippen LogP contribution >= 0.6 is 0 Å². The lowest BCUT2D eigenvalue weighted by Crippen LogP contribution is -2.37. The molecule has 1 fully saturated rings. The summed E-state index contributed by atoms with van der Waals surface area (Å²) in [4.78, 5) is 10.5. The summed E-state index contributed by atoms with van der Waals surface area (Å²) in [5.74, 6) is 0. The van der Waals surface area contributed by atoms with Gasteiger partial charge in [-0.05, 0) is 18.4 Å². The fraction of sp³-hybridized carbons (Fsp3) is 0.417. The van der Waals surface area contributed by atoms with Gasteiger partial charge in [0.1, 0.15) is 6.29 Å². The predicted molar refractivity (Wildman–Crippen MR) is 54.4 cm³/mol. The Hall–Kier alpha value is -1.15. The van der Waals surface area contributed by atoms with Gasteiger partial charge in [0, 0.05) is 11.0 Å². The highest BCUT2D eigenvalue weighted by Gasteiger charge is 2.37. The molecule has 14 heavy (non-hydrogen) atoms. The highest BCUT2D eigenvalue weighted by Crippen LogP contribution is 2.43. The first-order valence-corrected chi connectivity index (χ1v) is 4.97. The van der Waals surface area contributed by atoms with Crippen LogP contribution in [-0.4, -0.2) is 18.0 Å². The monoisotopic (exact) mass is 190 g/mol. The fourth-order valence-corrected chi connectivity index (χ4v) is 2.06. The lowest BCUT2D eigenvalue weighted by atomic mass is 9.65. The van der Waals surface area contributed by atoms with Crippen molar-refractivity contribution >= 4 is 6.29 Å².